The fourth-order valence-electron chi connectivity index (χ4n) is 2.71. The normalized spacial score (nSPS) is 14.0. The Balaban J connectivity index is 5.46. The third kappa shape index (κ3) is 14.0. The van der Waals surface area contributed by atoms with Crippen molar-refractivity contribution in [2.45, 2.75) is 56.3 Å². The Morgan fingerprint density at radius 3 is 1.91 bits per heavy atom. The minimum atomic E-state index is -1.57. The minimum Gasteiger partial charge on any atom is -0.480 e. The molecule has 0 aliphatic heterocycles. The molecule has 0 aliphatic carbocycles. The first-order valence-corrected chi connectivity index (χ1v) is 12.1. The van der Waals surface area contributed by atoms with Crippen LogP contribution in [0.2, 0.25) is 0 Å². The third-order valence-electron chi connectivity index (χ3n) is 4.66. The number of nitrogens with zero attached hydrogens (tertiary/aromatic N) is 1. The molecule has 4 amide bonds. The molecule has 0 radical (unpaired) electrons. The van der Waals surface area contributed by atoms with E-state index in [1.807, 2.05) is 0 Å². The van der Waals surface area contributed by atoms with Crippen molar-refractivity contribution in [1.82, 2.24) is 16.0 Å². The van der Waals surface area contributed by atoms with Crippen LogP contribution in [0.1, 0.15) is 32.1 Å². The predicted molar refractivity (Wildman–Crippen MR) is 130 cm³/mol. The summed E-state index contributed by atoms with van der Waals surface area (Å²) in [4.78, 5) is 63.9. The van der Waals surface area contributed by atoms with Crippen LogP contribution in [0.4, 0.5) is 0 Å². The summed E-state index contributed by atoms with van der Waals surface area (Å²) >= 11 is 1.42. The molecule has 0 saturated heterocycles. The van der Waals surface area contributed by atoms with Crippen LogP contribution in [-0.2, 0) is 24.0 Å². The second-order valence-electron chi connectivity index (χ2n) is 7.55. The maximum atomic E-state index is 13.0. The van der Waals surface area contributed by atoms with Gasteiger partial charge < -0.3 is 49.1 Å². The highest BCUT2D eigenvalue weighted by Crippen LogP contribution is 2.06. The van der Waals surface area contributed by atoms with Gasteiger partial charge in [-0.15, -0.1) is 0 Å². The summed E-state index contributed by atoms with van der Waals surface area (Å²) < 4.78 is 0. The van der Waals surface area contributed by atoms with Gasteiger partial charge >= 0.3 is 5.97 Å². The van der Waals surface area contributed by atoms with E-state index in [9.17, 15) is 29.1 Å². The number of nitrogens with two attached hydrogens (primary N) is 4. The second-order valence-corrected chi connectivity index (χ2v) is 8.53. The second kappa shape index (κ2) is 17.3. The van der Waals surface area contributed by atoms with E-state index in [-0.39, 0.29) is 44.6 Å². The number of aliphatic imine (C=N–C) groups is 1. The van der Waals surface area contributed by atoms with Crippen LogP contribution in [0.5, 0.6) is 0 Å². The summed E-state index contributed by atoms with van der Waals surface area (Å²) in [5, 5.41) is 25.4. The number of carboxylic acid groups (broad SMARTS) is 1. The molecule has 0 aromatic heterocycles. The lowest BCUT2D eigenvalue weighted by molar-refractivity contribution is -0.143. The summed E-state index contributed by atoms with van der Waals surface area (Å²) in [6.07, 6.45) is 2.18. The van der Waals surface area contributed by atoms with Crippen LogP contribution in [0.3, 0.4) is 0 Å². The van der Waals surface area contributed by atoms with E-state index in [1.54, 1.807) is 6.26 Å². The van der Waals surface area contributed by atoms with E-state index in [4.69, 9.17) is 28.0 Å². The first kappa shape index (κ1) is 31.9. The van der Waals surface area contributed by atoms with Crippen molar-refractivity contribution in [3.63, 3.8) is 0 Å². The van der Waals surface area contributed by atoms with Crippen LogP contribution in [-0.4, -0.2) is 95.1 Å². The molecule has 0 heterocycles. The van der Waals surface area contributed by atoms with E-state index in [0.717, 1.165) is 0 Å². The summed E-state index contributed by atoms with van der Waals surface area (Å²) in [6.45, 7) is -0.711. The maximum Gasteiger partial charge on any atom is 0.328 e. The van der Waals surface area contributed by atoms with Gasteiger partial charge in [0.05, 0.1) is 12.6 Å². The lowest BCUT2D eigenvalue weighted by Crippen LogP contribution is -2.57. The zero-order chi connectivity index (χ0) is 27.0. The van der Waals surface area contributed by atoms with Crippen molar-refractivity contribution in [2.24, 2.45) is 27.9 Å². The van der Waals surface area contributed by atoms with Gasteiger partial charge in [-0.05, 0) is 37.7 Å². The molecule has 0 saturated carbocycles. The molecule has 0 fully saturated rings. The number of aliphatic hydroxyl groups excluding tert-OH is 1. The summed E-state index contributed by atoms with van der Waals surface area (Å²) in [5.41, 5.74) is 21.4. The lowest BCUT2D eigenvalue weighted by atomic mass is 10.1. The van der Waals surface area contributed by atoms with Gasteiger partial charge in [0.1, 0.15) is 18.1 Å². The Morgan fingerprint density at radius 1 is 0.886 bits per heavy atom. The van der Waals surface area contributed by atoms with Gasteiger partial charge in [0, 0.05) is 13.0 Å². The molecule has 0 aliphatic rings. The van der Waals surface area contributed by atoms with E-state index in [0.29, 0.717) is 5.75 Å². The van der Waals surface area contributed by atoms with E-state index < -0.39 is 60.4 Å². The Kier molecular flexibility index (Phi) is 15.8. The van der Waals surface area contributed by atoms with Crippen LogP contribution < -0.4 is 38.9 Å². The highest BCUT2D eigenvalue weighted by atomic mass is 32.2. The van der Waals surface area contributed by atoms with Crippen LogP contribution >= 0.6 is 11.8 Å². The SMILES string of the molecule is CSCCC(NC(=O)C(N)CCC(N)=O)C(=O)NC(CCCN=C(N)N)C(=O)NC(CO)C(=O)O. The molecule has 200 valence electrons. The van der Waals surface area contributed by atoms with Gasteiger partial charge in [-0.25, -0.2) is 4.79 Å². The number of hydrogen-bond donors (Lipinski definition) is 9. The van der Waals surface area contributed by atoms with Crippen LogP contribution in [0, 0.1) is 0 Å². The average molecular weight is 521 g/mol. The van der Waals surface area contributed by atoms with Crippen LogP contribution in [0.25, 0.3) is 0 Å². The number of rotatable bonds is 18. The zero-order valence-corrected chi connectivity index (χ0v) is 20.4. The monoisotopic (exact) mass is 520 g/mol. The molecule has 4 unspecified atom stereocenters. The highest BCUT2D eigenvalue weighted by Gasteiger charge is 2.29. The number of amides is 4. The first-order chi connectivity index (χ1) is 16.4. The molecule has 13 N–H and O–H groups in total. The molecule has 0 bridgehead atoms. The van der Waals surface area contributed by atoms with Crippen molar-refractivity contribution >= 4 is 47.3 Å². The number of carbonyl (C=O) groups is 5. The molecule has 0 spiro atoms. The Bertz CT molecular complexity index is 763. The molecule has 0 aromatic rings. The topological polar surface area (TPSA) is 278 Å². The molecule has 35 heavy (non-hydrogen) atoms. The average Bonchev–Trinajstić information content (AvgIpc) is 2.79. The molecule has 0 rings (SSSR count). The number of aliphatic hydroxyl groups is 1. The number of guanidine groups is 1. The van der Waals surface area contributed by atoms with E-state index in [2.05, 4.69) is 20.9 Å². The minimum absolute atomic E-state index is 0.00834. The molecular weight excluding hydrogens is 484 g/mol. The number of aliphatic carboxylic acids is 1. The Labute approximate surface area is 207 Å². The van der Waals surface area contributed by atoms with Crippen molar-refractivity contribution in [3.05, 3.63) is 0 Å². The maximum absolute atomic E-state index is 13.0. The third-order valence-corrected chi connectivity index (χ3v) is 5.30. The predicted octanol–water partition coefficient (Wildman–Crippen LogP) is -4.08. The number of primary amides is 1. The Hall–Kier alpha value is -3.11. The largest absolute Gasteiger partial charge is 0.480 e. The van der Waals surface area contributed by atoms with Gasteiger partial charge in [-0.3, -0.25) is 24.2 Å². The molecular formula is C19H36N8O7S. The standard InChI is InChI=1S/C19H36N8O7S/c1-35-8-6-12(25-15(30)10(20)4-5-14(21)29)17(32)26-11(3-2-7-24-19(22)23)16(31)27-13(9-28)18(33)34/h10-13,28H,2-9,20H2,1H3,(H2,21,29)(H,25,30)(H,26,32)(H,27,31)(H,33,34)(H4,22,23,24). The number of hydrogen-bond acceptors (Lipinski definition) is 9. The van der Waals surface area contributed by atoms with Gasteiger partial charge in [-0.1, -0.05) is 0 Å². The van der Waals surface area contributed by atoms with Crippen LogP contribution in [0.15, 0.2) is 4.99 Å². The smallest absolute Gasteiger partial charge is 0.328 e. The summed E-state index contributed by atoms with van der Waals surface area (Å²) in [6, 6.07) is -4.92. The number of carbonyl (C=O) groups excluding carboxylic acids is 4. The highest BCUT2D eigenvalue weighted by molar-refractivity contribution is 7.98. The molecule has 16 heteroatoms. The molecule has 0 aromatic carbocycles. The molecule has 15 nitrogen and oxygen atoms in total. The Morgan fingerprint density at radius 2 is 1.43 bits per heavy atom. The summed E-state index contributed by atoms with van der Waals surface area (Å²) in [5.74, 6) is -3.98. The van der Waals surface area contributed by atoms with Crippen molar-refractivity contribution in [3.8, 4) is 0 Å². The van der Waals surface area contributed by atoms with Crippen molar-refractivity contribution < 1.29 is 34.2 Å². The fraction of sp³-hybridized carbons (Fsp3) is 0.684. The quantitative estimate of drug-likeness (QED) is 0.0475. The number of thioether (sulfide) groups is 1. The van der Waals surface area contributed by atoms with E-state index in [1.165, 1.54) is 11.8 Å². The fourth-order valence-corrected chi connectivity index (χ4v) is 3.19. The van der Waals surface area contributed by atoms with Crippen molar-refractivity contribution in [1.29, 1.82) is 0 Å². The lowest BCUT2D eigenvalue weighted by Gasteiger charge is -2.25. The van der Waals surface area contributed by atoms with Gasteiger partial charge in [0.15, 0.2) is 5.96 Å². The first-order valence-electron chi connectivity index (χ1n) is 10.8. The van der Waals surface area contributed by atoms with Gasteiger partial charge in [0.2, 0.25) is 23.6 Å². The van der Waals surface area contributed by atoms with E-state index >= 15 is 0 Å². The number of carboxylic acids is 1. The van der Waals surface area contributed by atoms with Crippen molar-refractivity contribution in [2.75, 3.05) is 25.2 Å². The zero-order valence-electron chi connectivity index (χ0n) is 19.6. The summed E-state index contributed by atoms with van der Waals surface area (Å²) in [7, 11) is 0. The molecule has 4 atom stereocenters. The number of nitrogens with one attached hydrogen (secondary N) is 3. The van der Waals surface area contributed by atoms with Gasteiger partial charge in [-0.2, -0.15) is 11.8 Å². The van der Waals surface area contributed by atoms with Gasteiger partial charge in [0.25, 0.3) is 0 Å².